The highest BCUT2D eigenvalue weighted by atomic mass is 19.1. The molecular formula is C14H17FO3. The molecule has 1 N–H and O–H groups in total. The Morgan fingerprint density at radius 2 is 2.28 bits per heavy atom. The van der Waals surface area contributed by atoms with E-state index in [0.717, 1.165) is 19.3 Å². The van der Waals surface area contributed by atoms with Crippen LogP contribution in [0.1, 0.15) is 49.3 Å². The molecule has 18 heavy (non-hydrogen) atoms. The van der Waals surface area contributed by atoms with Gasteiger partial charge in [0.25, 0.3) is 0 Å². The van der Waals surface area contributed by atoms with Gasteiger partial charge >= 0.3 is 5.97 Å². The lowest BCUT2D eigenvalue weighted by Crippen LogP contribution is -2.17. The second-order valence-corrected chi connectivity index (χ2v) is 4.69. The summed E-state index contributed by atoms with van der Waals surface area (Å²) in [6.07, 6.45) is 2.69. The van der Waals surface area contributed by atoms with E-state index in [2.05, 4.69) is 0 Å². The Labute approximate surface area is 106 Å². The Kier molecular flexibility index (Phi) is 3.97. The summed E-state index contributed by atoms with van der Waals surface area (Å²) in [5.41, 5.74) is 1.33. The predicted octanol–water partition coefficient (Wildman–Crippen LogP) is 3.26. The Balaban J connectivity index is 2.36. The zero-order valence-corrected chi connectivity index (χ0v) is 10.4. The van der Waals surface area contributed by atoms with Crippen molar-refractivity contribution in [2.45, 2.75) is 38.2 Å². The van der Waals surface area contributed by atoms with Crippen molar-refractivity contribution in [3.05, 3.63) is 35.1 Å². The number of hydrogen-bond donors (Lipinski definition) is 1. The molecule has 0 aliphatic carbocycles. The molecule has 1 aromatic rings. The molecule has 1 aliphatic rings. The highest BCUT2D eigenvalue weighted by molar-refractivity contribution is 5.76. The van der Waals surface area contributed by atoms with Crippen LogP contribution in [-0.4, -0.2) is 17.7 Å². The molecule has 0 radical (unpaired) electrons. The van der Waals surface area contributed by atoms with Crippen LogP contribution in [0.4, 0.5) is 4.39 Å². The average Bonchev–Trinajstić information content (AvgIpc) is 2.39. The zero-order chi connectivity index (χ0) is 13.1. The van der Waals surface area contributed by atoms with Crippen molar-refractivity contribution >= 4 is 5.97 Å². The molecule has 1 aromatic carbocycles. The first-order valence-corrected chi connectivity index (χ1v) is 6.23. The predicted molar refractivity (Wildman–Crippen MR) is 65.0 cm³/mol. The molecule has 3 nitrogen and oxygen atoms in total. The standard InChI is InChI=1S/C14H17FO3/c1-9(14(16)17)11-6-5-10(15)8-12(11)13-4-2-3-7-18-13/h5-6,8-9,13H,2-4,7H2,1H3,(H,16,17)/t9-,13?/m1/s1. The lowest BCUT2D eigenvalue weighted by atomic mass is 9.90. The van der Waals surface area contributed by atoms with Gasteiger partial charge in [-0.2, -0.15) is 0 Å². The van der Waals surface area contributed by atoms with Crippen LogP contribution in [0.5, 0.6) is 0 Å². The molecule has 0 aromatic heterocycles. The molecule has 1 aliphatic heterocycles. The molecular weight excluding hydrogens is 235 g/mol. The third kappa shape index (κ3) is 2.70. The molecule has 2 atom stereocenters. The number of benzene rings is 1. The quantitative estimate of drug-likeness (QED) is 0.898. The summed E-state index contributed by atoms with van der Waals surface area (Å²) in [5.74, 6) is -1.90. The summed E-state index contributed by atoms with van der Waals surface area (Å²) < 4.78 is 19.0. The number of carboxylic acids is 1. The topological polar surface area (TPSA) is 46.5 Å². The fourth-order valence-corrected chi connectivity index (χ4v) is 2.34. The number of halogens is 1. The van der Waals surface area contributed by atoms with Gasteiger partial charge in [0.05, 0.1) is 12.0 Å². The lowest BCUT2D eigenvalue weighted by molar-refractivity contribution is -0.138. The van der Waals surface area contributed by atoms with Crippen LogP contribution in [0.25, 0.3) is 0 Å². The molecule has 0 amide bonds. The Morgan fingerprint density at radius 3 is 2.89 bits per heavy atom. The molecule has 0 spiro atoms. The SMILES string of the molecule is C[C@@H](C(=O)O)c1ccc(F)cc1C1CCCCO1. The normalized spacial score (nSPS) is 21.6. The molecule has 2 rings (SSSR count). The smallest absolute Gasteiger partial charge is 0.310 e. The molecule has 0 saturated carbocycles. The van der Waals surface area contributed by atoms with E-state index in [1.807, 2.05) is 0 Å². The van der Waals surface area contributed by atoms with Crippen LogP contribution < -0.4 is 0 Å². The largest absolute Gasteiger partial charge is 0.481 e. The van der Waals surface area contributed by atoms with E-state index in [-0.39, 0.29) is 11.9 Å². The van der Waals surface area contributed by atoms with Gasteiger partial charge in [-0.3, -0.25) is 4.79 Å². The van der Waals surface area contributed by atoms with Crippen molar-refractivity contribution in [1.82, 2.24) is 0 Å². The van der Waals surface area contributed by atoms with Crippen LogP contribution in [0, 0.1) is 5.82 Å². The first kappa shape index (κ1) is 13.0. The van der Waals surface area contributed by atoms with Crippen molar-refractivity contribution in [2.75, 3.05) is 6.61 Å². The van der Waals surface area contributed by atoms with Gasteiger partial charge in [-0.15, -0.1) is 0 Å². The maximum Gasteiger partial charge on any atom is 0.310 e. The second kappa shape index (κ2) is 5.48. The number of rotatable bonds is 3. The van der Waals surface area contributed by atoms with Crippen LogP contribution >= 0.6 is 0 Å². The van der Waals surface area contributed by atoms with Gasteiger partial charge in [-0.25, -0.2) is 4.39 Å². The summed E-state index contributed by atoms with van der Waals surface area (Å²) in [6.45, 7) is 2.27. The van der Waals surface area contributed by atoms with Crippen molar-refractivity contribution in [1.29, 1.82) is 0 Å². The van der Waals surface area contributed by atoms with Gasteiger partial charge in [0.15, 0.2) is 0 Å². The van der Waals surface area contributed by atoms with E-state index in [1.54, 1.807) is 13.0 Å². The number of aliphatic carboxylic acids is 1. The van der Waals surface area contributed by atoms with Crippen molar-refractivity contribution < 1.29 is 19.0 Å². The summed E-state index contributed by atoms with van der Waals surface area (Å²) in [4.78, 5) is 11.1. The number of carbonyl (C=O) groups is 1. The van der Waals surface area contributed by atoms with Gasteiger partial charge < -0.3 is 9.84 Å². The maximum absolute atomic E-state index is 13.4. The van der Waals surface area contributed by atoms with Gasteiger partial charge in [0.2, 0.25) is 0 Å². The van der Waals surface area contributed by atoms with Crippen LogP contribution in [0.3, 0.4) is 0 Å². The number of ether oxygens (including phenoxy) is 1. The first-order chi connectivity index (χ1) is 8.59. The molecule has 1 heterocycles. The van der Waals surface area contributed by atoms with Crippen molar-refractivity contribution in [2.24, 2.45) is 0 Å². The van der Waals surface area contributed by atoms with Gasteiger partial charge in [0, 0.05) is 6.61 Å². The fraction of sp³-hybridized carbons (Fsp3) is 0.500. The van der Waals surface area contributed by atoms with E-state index < -0.39 is 11.9 Å². The Hall–Kier alpha value is -1.42. The third-order valence-electron chi connectivity index (χ3n) is 3.41. The van der Waals surface area contributed by atoms with E-state index >= 15 is 0 Å². The van der Waals surface area contributed by atoms with E-state index in [9.17, 15) is 9.18 Å². The lowest BCUT2D eigenvalue weighted by Gasteiger charge is -2.26. The maximum atomic E-state index is 13.4. The minimum Gasteiger partial charge on any atom is -0.481 e. The van der Waals surface area contributed by atoms with Crippen molar-refractivity contribution in [3.63, 3.8) is 0 Å². The second-order valence-electron chi connectivity index (χ2n) is 4.69. The van der Waals surface area contributed by atoms with E-state index in [4.69, 9.17) is 9.84 Å². The fourth-order valence-electron chi connectivity index (χ4n) is 2.34. The molecule has 98 valence electrons. The molecule has 1 unspecified atom stereocenters. The average molecular weight is 252 g/mol. The summed E-state index contributed by atoms with van der Waals surface area (Å²) >= 11 is 0. The number of carboxylic acid groups (broad SMARTS) is 1. The summed E-state index contributed by atoms with van der Waals surface area (Å²) in [5, 5.41) is 9.09. The monoisotopic (exact) mass is 252 g/mol. The molecule has 4 heteroatoms. The Bertz CT molecular complexity index is 439. The first-order valence-electron chi connectivity index (χ1n) is 6.23. The van der Waals surface area contributed by atoms with Crippen LogP contribution in [0.15, 0.2) is 18.2 Å². The highest BCUT2D eigenvalue weighted by Crippen LogP contribution is 2.33. The summed E-state index contributed by atoms with van der Waals surface area (Å²) in [6, 6.07) is 4.27. The molecule has 0 bridgehead atoms. The zero-order valence-electron chi connectivity index (χ0n) is 10.4. The minimum absolute atomic E-state index is 0.175. The third-order valence-corrected chi connectivity index (χ3v) is 3.41. The van der Waals surface area contributed by atoms with Crippen LogP contribution in [-0.2, 0) is 9.53 Å². The summed E-state index contributed by atoms with van der Waals surface area (Å²) in [7, 11) is 0. The van der Waals surface area contributed by atoms with Gasteiger partial charge in [0.1, 0.15) is 5.82 Å². The van der Waals surface area contributed by atoms with Gasteiger partial charge in [-0.1, -0.05) is 6.07 Å². The van der Waals surface area contributed by atoms with E-state index in [1.165, 1.54) is 12.1 Å². The Morgan fingerprint density at radius 1 is 1.50 bits per heavy atom. The number of hydrogen-bond acceptors (Lipinski definition) is 2. The molecule has 1 saturated heterocycles. The minimum atomic E-state index is -0.904. The van der Waals surface area contributed by atoms with Gasteiger partial charge in [-0.05, 0) is 49.4 Å². The van der Waals surface area contributed by atoms with Crippen LogP contribution in [0.2, 0.25) is 0 Å². The highest BCUT2D eigenvalue weighted by Gasteiger charge is 2.24. The van der Waals surface area contributed by atoms with Crippen molar-refractivity contribution in [3.8, 4) is 0 Å². The molecule has 1 fully saturated rings. The van der Waals surface area contributed by atoms with E-state index in [0.29, 0.717) is 17.7 Å².